The van der Waals surface area contributed by atoms with E-state index in [-0.39, 0.29) is 16.7 Å². The molecular weight excluding hydrogens is 322 g/mol. The number of nitrogens with zero attached hydrogens (tertiary/aromatic N) is 2. The number of nitrogens with one attached hydrogen (secondary N) is 1. The van der Waals surface area contributed by atoms with Gasteiger partial charge in [0.25, 0.3) is 0 Å². The fourth-order valence-electron chi connectivity index (χ4n) is 3.74. The summed E-state index contributed by atoms with van der Waals surface area (Å²) in [4.78, 5) is 0. The fourth-order valence-corrected chi connectivity index (χ4v) is 3.74. The van der Waals surface area contributed by atoms with E-state index in [0.717, 1.165) is 30.1 Å². The molecule has 0 aliphatic carbocycles. The van der Waals surface area contributed by atoms with E-state index in [4.69, 9.17) is 4.42 Å². The molecule has 2 heterocycles. The van der Waals surface area contributed by atoms with E-state index in [1.165, 1.54) is 5.56 Å². The lowest BCUT2D eigenvalue weighted by molar-refractivity contribution is 0.285. The Bertz CT molecular complexity index is 811. The predicted molar refractivity (Wildman–Crippen MR) is 104 cm³/mol. The minimum atomic E-state index is 0.0628. The molecule has 4 nitrogen and oxygen atoms in total. The molecule has 26 heavy (non-hydrogen) atoms. The molecule has 0 fully saturated rings. The number of furan rings is 1. The number of rotatable bonds is 6. The smallest absolute Gasteiger partial charge is 0.112 e. The van der Waals surface area contributed by atoms with Crippen LogP contribution < -0.4 is 0 Å². The van der Waals surface area contributed by atoms with Gasteiger partial charge in [-0.3, -0.25) is 5.10 Å². The van der Waals surface area contributed by atoms with E-state index in [2.05, 4.69) is 92.5 Å². The van der Waals surface area contributed by atoms with Crippen LogP contribution in [0.4, 0.5) is 0 Å². The zero-order chi connectivity index (χ0) is 18.8. The molecule has 3 rings (SSSR count). The first kappa shape index (κ1) is 18.4. The predicted octanol–water partition coefficient (Wildman–Crippen LogP) is 5.39. The third-order valence-corrected chi connectivity index (χ3v) is 4.75. The van der Waals surface area contributed by atoms with Gasteiger partial charge in [0, 0.05) is 12.3 Å². The molecule has 0 spiro atoms. The van der Waals surface area contributed by atoms with E-state index < -0.39 is 0 Å². The van der Waals surface area contributed by atoms with Crippen LogP contribution in [0, 0.1) is 10.8 Å². The Balaban J connectivity index is 1.81. The van der Waals surface area contributed by atoms with Gasteiger partial charge in [0.2, 0.25) is 0 Å². The van der Waals surface area contributed by atoms with Crippen molar-refractivity contribution in [2.75, 3.05) is 0 Å². The average Bonchev–Trinajstić information content (AvgIpc) is 3.19. The number of aromatic nitrogens is 3. The van der Waals surface area contributed by atoms with Gasteiger partial charge < -0.3 is 4.42 Å². The van der Waals surface area contributed by atoms with Crippen LogP contribution in [-0.2, 0) is 12.8 Å². The molecule has 1 unspecified atom stereocenters. The first-order chi connectivity index (χ1) is 12.2. The molecule has 3 aromatic rings. The number of H-pyrrole nitrogens is 1. The summed E-state index contributed by atoms with van der Waals surface area (Å²) < 4.78 is 6.34. The molecule has 0 saturated carbocycles. The first-order valence-electron chi connectivity index (χ1n) is 9.23. The maximum atomic E-state index is 6.34. The van der Waals surface area contributed by atoms with E-state index >= 15 is 0 Å². The summed E-state index contributed by atoms with van der Waals surface area (Å²) in [5.41, 5.74) is 2.49. The highest BCUT2D eigenvalue weighted by atomic mass is 16.3. The van der Waals surface area contributed by atoms with E-state index in [9.17, 15) is 0 Å². The molecule has 138 valence electrons. The van der Waals surface area contributed by atoms with Crippen molar-refractivity contribution in [3.63, 3.8) is 0 Å². The van der Waals surface area contributed by atoms with Crippen molar-refractivity contribution >= 4 is 0 Å². The summed E-state index contributed by atoms with van der Waals surface area (Å²) in [6.07, 6.45) is 3.55. The Kier molecular flexibility index (Phi) is 5.03. The number of aromatic amines is 1. The van der Waals surface area contributed by atoms with Crippen molar-refractivity contribution in [1.29, 1.82) is 0 Å². The summed E-state index contributed by atoms with van der Waals surface area (Å²) in [6, 6.07) is 14.9. The van der Waals surface area contributed by atoms with Crippen molar-refractivity contribution in [3.05, 3.63) is 71.4 Å². The molecule has 0 amide bonds. The molecule has 4 heteroatoms. The third-order valence-electron chi connectivity index (χ3n) is 4.75. The standard InChI is InChI=1S/C22H29N3O/c1-21(2,3)20(16-9-7-6-8-10-16)19-12-11-18(26-19)14-22(4,5)13-17-15-23-25-24-17/h6-12,15,20H,13-14H2,1-5H3,(H,23,24,25). The highest BCUT2D eigenvalue weighted by Gasteiger charge is 2.31. The van der Waals surface area contributed by atoms with Gasteiger partial charge in [-0.05, 0) is 34.9 Å². The molecule has 1 aromatic carbocycles. The molecule has 1 atom stereocenters. The second-order valence-corrected chi connectivity index (χ2v) is 9.01. The van der Waals surface area contributed by atoms with Crippen LogP contribution in [0.25, 0.3) is 0 Å². The molecule has 2 aromatic heterocycles. The van der Waals surface area contributed by atoms with Crippen molar-refractivity contribution in [1.82, 2.24) is 15.4 Å². The summed E-state index contributed by atoms with van der Waals surface area (Å²) in [5.74, 6) is 2.30. The largest absolute Gasteiger partial charge is 0.465 e. The molecule has 0 radical (unpaired) electrons. The molecule has 0 aliphatic heterocycles. The Morgan fingerprint density at radius 3 is 2.31 bits per heavy atom. The van der Waals surface area contributed by atoms with Gasteiger partial charge >= 0.3 is 0 Å². The third kappa shape index (κ3) is 4.43. The van der Waals surface area contributed by atoms with E-state index in [0.29, 0.717) is 0 Å². The number of hydrogen-bond acceptors (Lipinski definition) is 3. The van der Waals surface area contributed by atoms with Crippen LogP contribution >= 0.6 is 0 Å². The van der Waals surface area contributed by atoms with Crippen LogP contribution in [0.2, 0.25) is 0 Å². The highest BCUT2D eigenvalue weighted by molar-refractivity contribution is 5.30. The van der Waals surface area contributed by atoms with Crippen molar-refractivity contribution in [3.8, 4) is 0 Å². The number of benzene rings is 1. The monoisotopic (exact) mass is 351 g/mol. The molecule has 0 bridgehead atoms. The summed E-state index contributed by atoms with van der Waals surface area (Å²) in [7, 11) is 0. The minimum Gasteiger partial charge on any atom is -0.465 e. The van der Waals surface area contributed by atoms with E-state index in [1.54, 1.807) is 6.20 Å². The lowest BCUT2D eigenvalue weighted by Crippen LogP contribution is -2.19. The topological polar surface area (TPSA) is 54.7 Å². The molecule has 1 N–H and O–H groups in total. The highest BCUT2D eigenvalue weighted by Crippen LogP contribution is 2.41. The van der Waals surface area contributed by atoms with Crippen LogP contribution in [-0.4, -0.2) is 15.4 Å². The fraction of sp³-hybridized carbons (Fsp3) is 0.455. The lowest BCUT2D eigenvalue weighted by Gasteiger charge is -2.29. The van der Waals surface area contributed by atoms with Crippen molar-refractivity contribution in [2.24, 2.45) is 10.8 Å². The Morgan fingerprint density at radius 2 is 1.69 bits per heavy atom. The summed E-state index contributed by atoms with van der Waals surface area (Å²) in [5, 5.41) is 10.6. The van der Waals surface area contributed by atoms with Crippen molar-refractivity contribution < 1.29 is 4.42 Å². The zero-order valence-corrected chi connectivity index (χ0v) is 16.4. The van der Waals surface area contributed by atoms with Gasteiger partial charge in [0.15, 0.2) is 0 Å². The van der Waals surface area contributed by atoms with Crippen LogP contribution in [0.3, 0.4) is 0 Å². The molecule has 0 saturated heterocycles. The van der Waals surface area contributed by atoms with Gasteiger partial charge in [-0.25, -0.2) is 0 Å². The van der Waals surface area contributed by atoms with Gasteiger partial charge in [-0.15, -0.1) is 5.10 Å². The summed E-state index contributed by atoms with van der Waals surface area (Å²) in [6.45, 7) is 11.3. The molecule has 0 aliphatic rings. The SMILES string of the molecule is CC(C)(Cc1cnn[nH]1)Cc1ccc(C(c2ccccc2)C(C)(C)C)o1. The van der Waals surface area contributed by atoms with Gasteiger partial charge in [-0.1, -0.05) is 70.2 Å². The van der Waals surface area contributed by atoms with Crippen molar-refractivity contribution in [2.45, 2.75) is 53.4 Å². The zero-order valence-electron chi connectivity index (χ0n) is 16.4. The maximum absolute atomic E-state index is 6.34. The normalized spacial score (nSPS) is 13.7. The maximum Gasteiger partial charge on any atom is 0.112 e. The average molecular weight is 351 g/mol. The Labute approximate surface area is 156 Å². The molecular formula is C22H29N3O. The quantitative estimate of drug-likeness (QED) is 0.648. The Hall–Kier alpha value is -2.36. The van der Waals surface area contributed by atoms with Gasteiger partial charge in [0.05, 0.1) is 11.9 Å². The van der Waals surface area contributed by atoms with E-state index in [1.807, 2.05) is 0 Å². The second kappa shape index (κ2) is 7.10. The van der Waals surface area contributed by atoms with Crippen LogP contribution in [0.1, 0.15) is 63.3 Å². The summed E-state index contributed by atoms with van der Waals surface area (Å²) >= 11 is 0. The van der Waals surface area contributed by atoms with Gasteiger partial charge in [-0.2, -0.15) is 0 Å². The Morgan fingerprint density at radius 1 is 0.962 bits per heavy atom. The minimum absolute atomic E-state index is 0.0628. The van der Waals surface area contributed by atoms with Crippen LogP contribution in [0.5, 0.6) is 0 Å². The van der Waals surface area contributed by atoms with Crippen LogP contribution in [0.15, 0.2) is 53.1 Å². The van der Waals surface area contributed by atoms with Gasteiger partial charge in [0.1, 0.15) is 11.5 Å². The lowest BCUT2D eigenvalue weighted by atomic mass is 9.75. The second-order valence-electron chi connectivity index (χ2n) is 9.01. The first-order valence-corrected chi connectivity index (χ1v) is 9.23. The number of hydrogen-bond donors (Lipinski definition) is 1.